The number of hydrogen-bond donors (Lipinski definition) is 2. The van der Waals surface area contributed by atoms with Crippen molar-refractivity contribution in [1.82, 2.24) is 20.3 Å². The molecule has 154 valence electrons. The molecule has 0 saturated heterocycles. The minimum Gasteiger partial charge on any atom is -0.493 e. The maximum Gasteiger partial charge on any atom is 0.263 e. The SMILES string of the molecule is Cc1ncc(-c2ccc3c(c2)N(c2nc4c(s2)C(=O)NC(C)(C)C4)CCO3)c(O)n1. The van der Waals surface area contributed by atoms with E-state index in [1.54, 1.807) is 13.1 Å². The van der Waals surface area contributed by atoms with Crippen molar-refractivity contribution in [2.45, 2.75) is 32.7 Å². The molecule has 0 radical (unpaired) electrons. The minimum absolute atomic E-state index is 0.0608. The topological polar surface area (TPSA) is 100 Å². The largest absolute Gasteiger partial charge is 0.493 e. The number of thiazole rings is 1. The number of aromatic hydroxyl groups is 1. The van der Waals surface area contributed by atoms with Gasteiger partial charge in [0.2, 0.25) is 5.88 Å². The van der Waals surface area contributed by atoms with Crippen molar-refractivity contribution in [2.75, 3.05) is 18.1 Å². The standard InChI is InChI=1S/C21H21N5O3S/c1-11-22-10-13(18(27)23-11)12-4-5-16-15(8-12)26(6-7-29-16)20-24-14-9-21(2,3)25-19(28)17(14)30-20/h4-5,8,10H,6-7,9H2,1-3H3,(H,25,28)(H,22,23,27). The number of nitrogens with one attached hydrogen (secondary N) is 1. The fourth-order valence-electron chi connectivity index (χ4n) is 3.82. The summed E-state index contributed by atoms with van der Waals surface area (Å²) in [5, 5.41) is 14.1. The molecular weight excluding hydrogens is 402 g/mol. The molecule has 8 nitrogen and oxygen atoms in total. The number of aryl methyl sites for hydroxylation is 1. The van der Waals surface area contributed by atoms with Crippen molar-refractivity contribution in [3.05, 3.63) is 40.8 Å². The van der Waals surface area contributed by atoms with Gasteiger partial charge in [-0.25, -0.2) is 9.97 Å². The van der Waals surface area contributed by atoms with Crippen LogP contribution < -0.4 is 15.0 Å². The molecule has 2 aliphatic heterocycles. The summed E-state index contributed by atoms with van der Waals surface area (Å²) in [7, 11) is 0. The lowest BCUT2D eigenvalue weighted by Gasteiger charge is -2.29. The fraction of sp³-hybridized carbons (Fsp3) is 0.333. The molecule has 0 aliphatic carbocycles. The molecule has 0 atom stereocenters. The Morgan fingerprint density at radius 2 is 2.13 bits per heavy atom. The number of benzene rings is 1. The Balaban J connectivity index is 1.57. The second-order valence-corrected chi connectivity index (χ2v) is 9.10. The molecule has 5 rings (SSSR count). The summed E-state index contributed by atoms with van der Waals surface area (Å²) in [6.07, 6.45) is 2.30. The first-order valence-electron chi connectivity index (χ1n) is 9.70. The normalized spacial score (nSPS) is 17.0. The molecule has 9 heteroatoms. The molecule has 0 saturated carbocycles. The van der Waals surface area contributed by atoms with E-state index >= 15 is 0 Å². The average Bonchev–Trinajstić information content (AvgIpc) is 3.10. The average molecular weight is 423 g/mol. The predicted molar refractivity (Wildman–Crippen MR) is 114 cm³/mol. The first-order chi connectivity index (χ1) is 14.3. The van der Waals surface area contributed by atoms with Crippen LogP contribution in [0.1, 0.15) is 35.0 Å². The Kier molecular flexibility index (Phi) is 4.18. The number of fused-ring (bicyclic) bond motifs is 2. The molecule has 0 bridgehead atoms. The summed E-state index contributed by atoms with van der Waals surface area (Å²) >= 11 is 1.39. The molecule has 4 heterocycles. The maximum atomic E-state index is 12.5. The number of anilines is 2. The lowest BCUT2D eigenvalue weighted by Crippen LogP contribution is -2.48. The van der Waals surface area contributed by atoms with Crippen LogP contribution in [-0.4, -0.2) is 44.7 Å². The predicted octanol–water partition coefficient (Wildman–Crippen LogP) is 3.21. The zero-order valence-electron chi connectivity index (χ0n) is 16.9. The van der Waals surface area contributed by atoms with Crippen molar-refractivity contribution in [1.29, 1.82) is 0 Å². The Labute approximate surface area is 177 Å². The molecule has 2 N–H and O–H groups in total. The fourth-order valence-corrected chi connectivity index (χ4v) is 4.84. The minimum atomic E-state index is -0.311. The number of hydrogen-bond acceptors (Lipinski definition) is 8. The highest BCUT2D eigenvalue weighted by molar-refractivity contribution is 7.17. The van der Waals surface area contributed by atoms with E-state index < -0.39 is 0 Å². The summed E-state index contributed by atoms with van der Waals surface area (Å²) < 4.78 is 5.83. The second-order valence-electron chi connectivity index (χ2n) is 8.12. The third kappa shape index (κ3) is 3.15. The Morgan fingerprint density at radius 1 is 1.30 bits per heavy atom. The van der Waals surface area contributed by atoms with E-state index in [4.69, 9.17) is 9.72 Å². The van der Waals surface area contributed by atoms with Crippen LogP contribution in [0.15, 0.2) is 24.4 Å². The van der Waals surface area contributed by atoms with Crippen LogP contribution in [0.25, 0.3) is 11.1 Å². The van der Waals surface area contributed by atoms with Crippen LogP contribution in [0.4, 0.5) is 10.8 Å². The van der Waals surface area contributed by atoms with Gasteiger partial charge in [-0.2, -0.15) is 4.98 Å². The van der Waals surface area contributed by atoms with Gasteiger partial charge in [0.1, 0.15) is 23.1 Å². The number of rotatable bonds is 2. The molecule has 1 amide bonds. The van der Waals surface area contributed by atoms with Gasteiger partial charge in [-0.15, -0.1) is 0 Å². The third-order valence-corrected chi connectivity index (χ3v) is 6.33. The molecule has 30 heavy (non-hydrogen) atoms. The van der Waals surface area contributed by atoms with Crippen LogP contribution in [0.3, 0.4) is 0 Å². The van der Waals surface area contributed by atoms with Crippen molar-refractivity contribution >= 4 is 28.1 Å². The van der Waals surface area contributed by atoms with Gasteiger partial charge in [-0.1, -0.05) is 17.4 Å². The Bertz CT molecular complexity index is 1170. The summed E-state index contributed by atoms with van der Waals surface area (Å²) in [5.41, 5.74) is 2.69. The smallest absolute Gasteiger partial charge is 0.263 e. The second kappa shape index (κ2) is 6.66. The van der Waals surface area contributed by atoms with Crippen molar-refractivity contribution < 1.29 is 14.6 Å². The maximum absolute atomic E-state index is 12.5. The van der Waals surface area contributed by atoms with E-state index in [1.165, 1.54) is 11.3 Å². The lowest BCUT2D eigenvalue weighted by atomic mass is 9.94. The quantitative estimate of drug-likeness (QED) is 0.653. The lowest BCUT2D eigenvalue weighted by molar-refractivity contribution is 0.0901. The summed E-state index contributed by atoms with van der Waals surface area (Å²) in [6, 6.07) is 5.69. The first-order valence-corrected chi connectivity index (χ1v) is 10.5. The Hall–Kier alpha value is -3.20. The monoisotopic (exact) mass is 423 g/mol. The molecule has 0 unspecified atom stereocenters. The number of aromatic nitrogens is 3. The van der Waals surface area contributed by atoms with Crippen molar-refractivity contribution in [3.63, 3.8) is 0 Å². The van der Waals surface area contributed by atoms with Crippen molar-refractivity contribution in [3.8, 4) is 22.8 Å². The number of ether oxygens (including phenoxy) is 1. The zero-order valence-corrected chi connectivity index (χ0v) is 17.7. The van der Waals surface area contributed by atoms with Crippen LogP contribution in [0.5, 0.6) is 11.6 Å². The van der Waals surface area contributed by atoms with Gasteiger partial charge in [0.05, 0.1) is 23.5 Å². The molecule has 0 spiro atoms. The van der Waals surface area contributed by atoms with E-state index in [2.05, 4.69) is 20.2 Å². The molecule has 3 aromatic rings. The molecule has 2 aromatic heterocycles. The van der Waals surface area contributed by atoms with E-state index in [9.17, 15) is 9.90 Å². The van der Waals surface area contributed by atoms with Gasteiger partial charge >= 0.3 is 0 Å². The van der Waals surface area contributed by atoms with Gasteiger partial charge < -0.3 is 20.1 Å². The van der Waals surface area contributed by atoms with E-state index in [1.807, 2.05) is 32.0 Å². The first kappa shape index (κ1) is 18.8. The number of nitrogens with zero attached hydrogens (tertiary/aromatic N) is 4. The third-order valence-electron chi connectivity index (χ3n) is 5.21. The molecule has 1 aromatic carbocycles. The highest BCUT2D eigenvalue weighted by atomic mass is 32.1. The molecule has 0 fully saturated rings. The number of carbonyl (C=O) groups excluding carboxylic acids is 1. The van der Waals surface area contributed by atoms with Crippen LogP contribution in [0, 0.1) is 6.92 Å². The van der Waals surface area contributed by atoms with Gasteiger partial charge in [0, 0.05) is 18.2 Å². The Morgan fingerprint density at radius 3 is 2.93 bits per heavy atom. The van der Waals surface area contributed by atoms with Crippen LogP contribution in [0.2, 0.25) is 0 Å². The van der Waals surface area contributed by atoms with Gasteiger partial charge in [-0.05, 0) is 38.5 Å². The van der Waals surface area contributed by atoms with E-state index in [0.29, 0.717) is 35.8 Å². The van der Waals surface area contributed by atoms with Gasteiger partial charge in [0.25, 0.3) is 5.91 Å². The van der Waals surface area contributed by atoms with Gasteiger partial charge in [0.15, 0.2) is 5.13 Å². The zero-order chi connectivity index (χ0) is 21.0. The molecular formula is C21H21N5O3S. The van der Waals surface area contributed by atoms with E-state index in [0.717, 1.165) is 27.8 Å². The van der Waals surface area contributed by atoms with Crippen molar-refractivity contribution in [2.24, 2.45) is 0 Å². The number of amides is 1. The van der Waals surface area contributed by atoms with Crippen LogP contribution >= 0.6 is 11.3 Å². The van der Waals surface area contributed by atoms with E-state index in [-0.39, 0.29) is 17.3 Å². The highest BCUT2D eigenvalue weighted by Gasteiger charge is 2.34. The van der Waals surface area contributed by atoms with Gasteiger partial charge in [-0.3, -0.25) is 4.79 Å². The van der Waals surface area contributed by atoms with Crippen LogP contribution in [-0.2, 0) is 6.42 Å². The number of carbonyl (C=O) groups is 1. The summed E-state index contributed by atoms with van der Waals surface area (Å²) in [6.45, 7) is 6.86. The summed E-state index contributed by atoms with van der Waals surface area (Å²) in [4.78, 5) is 28.3. The molecule has 2 aliphatic rings. The highest BCUT2D eigenvalue weighted by Crippen LogP contribution is 2.43. The summed E-state index contributed by atoms with van der Waals surface area (Å²) in [5.74, 6) is 1.10.